The van der Waals surface area contributed by atoms with E-state index in [4.69, 9.17) is 10.5 Å². The molecule has 0 aromatic heterocycles. The topological polar surface area (TPSA) is 188 Å². The summed E-state index contributed by atoms with van der Waals surface area (Å²) < 4.78 is 4.87. The zero-order valence-electron chi connectivity index (χ0n) is 22.9. The highest BCUT2D eigenvalue weighted by molar-refractivity contribution is 6.25. The Kier molecular flexibility index (Phi) is 6.55. The molecule has 11 heteroatoms. The smallest absolute Gasteiger partial charge is 0.337 e. The van der Waals surface area contributed by atoms with Gasteiger partial charge in [-0.1, -0.05) is 12.1 Å². The predicted octanol–water partition coefficient (Wildman–Crippen LogP) is 1.88. The predicted molar refractivity (Wildman–Crippen MR) is 145 cm³/mol. The van der Waals surface area contributed by atoms with E-state index >= 15 is 0 Å². The van der Waals surface area contributed by atoms with Crippen molar-refractivity contribution in [1.82, 2.24) is 4.90 Å². The van der Waals surface area contributed by atoms with E-state index < -0.39 is 64.0 Å². The van der Waals surface area contributed by atoms with Crippen LogP contribution in [0.1, 0.15) is 38.3 Å². The number of aryl methyl sites for hydroxylation is 1. The Balaban J connectivity index is 1.72. The highest BCUT2D eigenvalue weighted by Crippen LogP contribution is 2.53. The number of benzene rings is 2. The number of rotatable bonds is 4. The highest BCUT2D eigenvalue weighted by Gasteiger charge is 2.63. The molecule has 0 bridgehead atoms. The van der Waals surface area contributed by atoms with Gasteiger partial charge in [0.2, 0.25) is 5.78 Å². The number of esters is 1. The summed E-state index contributed by atoms with van der Waals surface area (Å²) in [4.78, 5) is 53.2. The number of carbonyl (C=O) groups is 4. The van der Waals surface area contributed by atoms with Crippen LogP contribution in [-0.4, -0.2) is 81.6 Å². The first-order valence-corrected chi connectivity index (χ1v) is 12.9. The largest absolute Gasteiger partial charge is 0.510 e. The minimum Gasteiger partial charge on any atom is -0.510 e. The van der Waals surface area contributed by atoms with E-state index in [-0.39, 0.29) is 29.7 Å². The molecule has 2 aromatic carbocycles. The van der Waals surface area contributed by atoms with Crippen molar-refractivity contribution in [3.8, 4) is 16.9 Å². The van der Waals surface area contributed by atoms with Crippen molar-refractivity contribution >= 4 is 23.4 Å². The molecule has 2 aromatic rings. The molecular weight excluding hydrogens is 532 g/mol. The molecule has 0 fully saturated rings. The number of phenolic OH excluding ortho intramolecular Hbond substituents is 1. The lowest BCUT2D eigenvalue weighted by Crippen LogP contribution is -2.63. The summed E-state index contributed by atoms with van der Waals surface area (Å²) in [5, 5.41) is 44.8. The molecule has 4 unspecified atom stereocenters. The van der Waals surface area contributed by atoms with Crippen molar-refractivity contribution in [2.24, 2.45) is 17.6 Å². The van der Waals surface area contributed by atoms with Crippen LogP contribution in [0.3, 0.4) is 0 Å². The number of methoxy groups -OCH3 is 1. The maximum atomic E-state index is 13.9. The van der Waals surface area contributed by atoms with Gasteiger partial charge in [-0.15, -0.1) is 0 Å². The van der Waals surface area contributed by atoms with Gasteiger partial charge in [0.15, 0.2) is 11.4 Å². The Morgan fingerprint density at radius 1 is 1.10 bits per heavy atom. The average molecular weight is 563 g/mol. The van der Waals surface area contributed by atoms with E-state index in [9.17, 15) is 39.6 Å². The second-order valence-corrected chi connectivity index (χ2v) is 11.0. The molecule has 11 nitrogen and oxygen atoms in total. The standard InChI is InChI=1S/C30H30N2O9/c1-12-7-13(9-15(8-12)29(39)41-4)16-5-6-19(33)21-17(16)10-14-11-18-23(32(2)3)25(35)22(28(31)38)27(37)30(18,40)26(36)20(14)24(21)34/h5-9,14,18,23,33,35-36,40H,10-11H2,1-4H3,(H2,31,38). The number of nitrogens with zero attached hydrogens (tertiary/aromatic N) is 1. The van der Waals surface area contributed by atoms with Crippen molar-refractivity contribution in [1.29, 1.82) is 0 Å². The number of carbonyl (C=O) groups excluding carboxylic acids is 4. The van der Waals surface area contributed by atoms with Crippen LogP contribution in [0.25, 0.3) is 11.1 Å². The average Bonchev–Trinajstić information content (AvgIpc) is 2.89. The number of aliphatic hydroxyl groups excluding tert-OH is 2. The number of aromatic hydroxyl groups is 1. The van der Waals surface area contributed by atoms with E-state index in [0.29, 0.717) is 22.3 Å². The zero-order valence-corrected chi connectivity index (χ0v) is 22.9. The van der Waals surface area contributed by atoms with Gasteiger partial charge in [-0.25, -0.2) is 4.79 Å². The lowest BCUT2D eigenvalue weighted by Gasteiger charge is -2.50. The number of likely N-dealkylation sites (N-methyl/N-ethyl adjacent to an activating group) is 1. The van der Waals surface area contributed by atoms with Crippen LogP contribution in [0.5, 0.6) is 5.75 Å². The minimum atomic E-state index is -2.70. The first kappa shape index (κ1) is 28.1. The van der Waals surface area contributed by atoms with Crippen molar-refractivity contribution in [2.45, 2.75) is 31.4 Å². The van der Waals surface area contributed by atoms with Crippen molar-refractivity contribution < 1.29 is 44.3 Å². The molecule has 214 valence electrons. The first-order valence-electron chi connectivity index (χ1n) is 12.9. The number of allylic oxidation sites excluding steroid dienone is 1. The zero-order chi connectivity index (χ0) is 30.1. The molecule has 0 saturated carbocycles. The van der Waals surface area contributed by atoms with Crippen LogP contribution < -0.4 is 5.73 Å². The number of fused-ring (bicyclic) bond motifs is 3. The number of aliphatic hydroxyl groups is 3. The van der Waals surface area contributed by atoms with Gasteiger partial charge in [0.1, 0.15) is 22.8 Å². The van der Waals surface area contributed by atoms with Crippen LogP contribution in [0.15, 0.2) is 53.0 Å². The highest BCUT2D eigenvalue weighted by atomic mass is 16.5. The fourth-order valence-electron chi connectivity index (χ4n) is 6.70. The maximum absolute atomic E-state index is 13.9. The number of nitrogens with two attached hydrogens (primary N) is 1. The lowest BCUT2D eigenvalue weighted by molar-refractivity contribution is -0.148. The van der Waals surface area contributed by atoms with Crippen molar-refractivity contribution in [3.05, 3.63) is 75.3 Å². The molecule has 0 spiro atoms. The summed E-state index contributed by atoms with van der Waals surface area (Å²) in [5.41, 5.74) is 4.15. The third-order valence-corrected chi connectivity index (χ3v) is 8.42. The molecule has 1 amide bonds. The van der Waals surface area contributed by atoms with E-state index in [0.717, 1.165) is 5.56 Å². The Labute approximate surface area is 235 Å². The molecule has 0 radical (unpaired) electrons. The van der Waals surface area contributed by atoms with Gasteiger partial charge in [-0.3, -0.25) is 19.3 Å². The van der Waals surface area contributed by atoms with E-state index in [1.54, 1.807) is 39.2 Å². The summed E-state index contributed by atoms with van der Waals surface area (Å²) in [6.07, 6.45) is 0.0991. The molecule has 0 aliphatic heterocycles. The maximum Gasteiger partial charge on any atom is 0.337 e. The summed E-state index contributed by atoms with van der Waals surface area (Å²) in [5.74, 6) is -7.65. The second kappa shape index (κ2) is 9.57. The Morgan fingerprint density at radius 2 is 1.78 bits per heavy atom. The van der Waals surface area contributed by atoms with Crippen LogP contribution in [-0.2, 0) is 20.7 Å². The van der Waals surface area contributed by atoms with Crippen molar-refractivity contribution in [3.63, 3.8) is 0 Å². The normalized spacial score (nSPS) is 25.6. The van der Waals surface area contributed by atoms with Crippen molar-refractivity contribution in [2.75, 3.05) is 21.2 Å². The van der Waals surface area contributed by atoms with Crippen LogP contribution in [0.2, 0.25) is 0 Å². The summed E-state index contributed by atoms with van der Waals surface area (Å²) in [6.45, 7) is 1.80. The Hall–Kier alpha value is -4.48. The number of Topliss-reactive ketones (excluding diaryl/α,β-unsaturated/α-hetero) is 2. The molecule has 0 heterocycles. The van der Waals surface area contributed by atoms with Gasteiger partial charge >= 0.3 is 5.97 Å². The van der Waals surface area contributed by atoms with Crippen LogP contribution in [0.4, 0.5) is 0 Å². The van der Waals surface area contributed by atoms with E-state index in [2.05, 4.69) is 0 Å². The number of hydrogen-bond acceptors (Lipinski definition) is 10. The number of amides is 1. The monoisotopic (exact) mass is 562 g/mol. The fraction of sp³-hybridized carbons (Fsp3) is 0.333. The van der Waals surface area contributed by atoms with Crippen LogP contribution in [0, 0.1) is 18.8 Å². The molecule has 3 aliphatic rings. The van der Waals surface area contributed by atoms with E-state index in [1.807, 2.05) is 6.07 Å². The summed E-state index contributed by atoms with van der Waals surface area (Å²) in [6, 6.07) is 6.98. The van der Waals surface area contributed by atoms with Crippen LogP contribution >= 0.6 is 0 Å². The number of primary amides is 1. The molecular formula is C30H30N2O9. The number of ketones is 2. The molecule has 3 aliphatic carbocycles. The summed E-state index contributed by atoms with van der Waals surface area (Å²) >= 11 is 0. The van der Waals surface area contributed by atoms with Gasteiger partial charge in [0.25, 0.3) is 5.91 Å². The Bertz CT molecular complexity index is 1620. The third-order valence-electron chi connectivity index (χ3n) is 8.42. The lowest BCUT2D eigenvalue weighted by atomic mass is 9.58. The van der Waals surface area contributed by atoms with E-state index in [1.165, 1.54) is 18.1 Å². The Morgan fingerprint density at radius 3 is 2.39 bits per heavy atom. The summed E-state index contributed by atoms with van der Waals surface area (Å²) in [7, 11) is 4.41. The second-order valence-electron chi connectivity index (χ2n) is 11.0. The van der Waals surface area contributed by atoms with Gasteiger partial charge in [0, 0.05) is 11.5 Å². The van der Waals surface area contributed by atoms with Gasteiger partial charge < -0.3 is 30.9 Å². The number of hydrogen-bond donors (Lipinski definition) is 5. The fourth-order valence-corrected chi connectivity index (χ4v) is 6.70. The molecule has 41 heavy (non-hydrogen) atoms. The van der Waals surface area contributed by atoms with Gasteiger partial charge in [-0.2, -0.15) is 0 Å². The molecule has 5 rings (SSSR count). The third kappa shape index (κ3) is 3.95. The molecule has 4 atom stereocenters. The number of ether oxygens (including phenoxy) is 1. The number of phenols is 1. The van der Waals surface area contributed by atoms with Gasteiger partial charge in [-0.05, 0) is 80.2 Å². The molecule has 0 saturated heterocycles. The quantitative estimate of drug-likeness (QED) is 0.272. The SMILES string of the molecule is COC(=O)c1cc(C)cc(-c2ccc(O)c3c2CC2CC4C(N(C)C)C(O)=C(C(N)=O)C(=O)C4(O)C(O)=C2C3=O)c1. The molecule has 6 N–H and O–H groups in total. The first-order chi connectivity index (χ1) is 19.2. The minimum absolute atomic E-state index is 0.0257. The van der Waals surface area contributed by atoms with Gasteiger partial charge in [0.05, 0.1) is 24.3 Å².